The summed E-state index contributed by atoms with van der Waals surface area (Å²) in [7, 11) is 1.53. The van der Waals surface area contributed by atoms with Gasteiger partial charge in [-0.05, 0) is 30.3 Å². The Labute approximate surface area is 147 Å². The highest BCUT2D eigenvalue weighted by Crippen LogP contribution is 2.17. The molecule has 3 aromatic rings. The van der Waals surface area contributed by atoms with Crippen LogP contribution < -0.4 is 15.6 Å². The summed E-state index contributed by atoms with van der Waals surface area (Å²) in [4.78, 5) is 35.9. The Bertz CT molecular complexity index is 1040. The van der Waals surface area contributed by atoms with Crippen LogP contribution in [0.15, 0.2) is 53.3 Å². The molecule has 26 heavy (non-hydrogen) atoms. The SMILES string of the molecule is COc1ccc(-n2nc(C(=O)NCC(=O)O)c3ccccc3c2=O)cc1. The van der Waals surface area contributed by atoms with Gasteiger partial charge in [0.05, 0.1) is 18.2 Å². The molecule has 3 rings (SSSR count). The van der Waals surface area contributed by atoms with Gasteiger partial charge in [-0.2, -0.15) is 9.78 Å². The average Bonchev–Trinajstić information content (AvgIpc) is 2.67. The normalized spacial score (nSPS) is 10.5. The number of aromatic nitrogens is 2. The number of hydrogen-bond acceptors (Lipinski definition) is 5. The molecule has 1 amide bonds. The van der Waals surface area contributed by atoms with Crippen LogP contribution in [0.3, 0.4) is 0 Å². The van der Waals surface area contributed by atoms with Crippen LogP contribution in [0.5, 0.6) is 5.75 Å². The third-order valence-electron chi connectivity index (χ3n) is 3.74. The van der Waals surface area contributed by atoms with Gasteiger partial charge in [0.25, 0.3) is 11.5 Å². The Morgan fingerprint density at radius 2 is 1.77 bits per heavy atom. The number of methoxy groups -OCH3 is 1. The van der Waals surface area contributed by atoms with Gasteiger partial charge in [0.1, 0.15) is 12.3 Å². The molecule has 1 aromatic heterocycles. The monoisotopic (exact) mass is 353 g/mol. The van der Waals surface area contributed by atoms with Gasteiger partial charge in [0, 0.05) is 5.39 Å². The Morgan fingerprint density at radius 3 is 2.38 bits per heavy atom. The molecule has 8 nitrogen and oxygen atoms in total. The zero-order chi connectivity index (χ0) is 18.7. The van der Waals surface area contributed by atoms with Crippen molar-refractivity contribution in [2.45, 2.75) is 0 Å². The van der Waals surface area contributed by atoms with E-state index in [4.69, 9.17) is 9.84 Å². The van der Waals surface area contributed by atoms with Crippen molar-refractivity contribution in [2.24, 2.45) is 0 Å². The Balaban J connectivity index is 2.17. The first kappa shape index (κ1) is 17.2. The lowest BCUT2D eigenvalue weighted by atomic mass is 10.1. The molecular formula is C18H15N3O5. The number of benzene rings is 2. The number of nitrogens with zero attached hydrogens (tertiary/aromatic N) is 2. The van der Waals surface area contributed by atoms with Gasteiger partial charge in [0.15, 0.2) is 5.69 Å². The predicted molar refractivity (Wildman–Crippen MR) is 93.9 cm³/mol. The van der Waals surface area contributed by atoms with Crippen molar-refractivity contribution in [1.82, 2.24) is 15.1 Å². The Hall–Kier alpha value is -3.68. The summed E-state index contributed by atoms with van der Waals surface area (Å²) in [5.41, 5.74) is 0.0339. The Kier molecular flexibility index (Phi) is 4.66. The van der Waals surface area contributed by atoms with Gasteiger partial charge < -0.3 is 15.2 Å². The van der Waals surface area contributed by atoms with Crippen LogP contribution in [0.2, 0.25) is 0 Å². The van der Waals surface area contributed by atoms with E-state index in [9.17, 15) is 14.4 Å². The van der Waals surface area contributed by atoms with Crippen molar-refractivity contribution >= 4 is 22.6 Å². The molecule has 0 spiro atoms. The summed E-state index contributed by atoms with van der Waals surface area (Å²) in [6.45, 7) is -0.545. The molecule has 2 N–H and O–H groups in total. The summed E-state index contributed by atoms with van der Waals surface area (Å²) in [5, 5.41) is 15.8. The van der Waals surface area contributed by atoms with Crippen molar-refractivity contribution in [1.29, 1.82) is 0 Å². The molecule has 0 saturated heterocycles. The summed E-state index contributed by atoms with van der Waals surface area (Å²) in [6, 6.07) is 13.2. The summed E-state index contributed by atoms with van der Waals surface area (Å²) < 4.78 is 6.20. The van der Waals surface area contributed by atoms with Crippen molar-refractivity contribution in [3.05, 3.63) is 64.6 Å². The van der Waals surface area contributed by atoms with Crippen LogP contribution in [0, 0.1) is 0 Å². The minimum atomic E-state index is -1.17. The number of carboxylic acid groups (broad SMARTS) is 1. The maximum absolute atomic E-state index is 12.8. The number of carboxylic acids is 1. The molecule has 0 aliphatic rings. The van der Waals surface area contributed by atoms with Gasteiger partial charge >= 0.3 is 5.97 Å². The fourth-order valence-corrected chi connectivity index (χ4v) is 2.50. The maximum Gasteiger partial charge on any atom is 0.322 e. The second-order valence-corrected chi connectivity index (χ2v) is 5.39. The number of nitrogens with one attached hydrogen (secondary N) is 1. The number of ether oxygens (including phenoxy) is 1. The first-order valence-electron chi connectivity index (χ1n) is 7.67. The number of hydrogen-bond donors (Lipinski definition) is 2. The zero-order valence-corrected chi connectivity index (χ0v) is 13.8. The van der Waals surface area contributed by atoms with Gasteiger partial charge in [-0.1, -0.05) is 18.2 Å². The van der Waals surface area contributed by atoms with E-state index in [-0.39, 0.29) is 11.3 Å². The summed E-state index contributed by atoms with van der Waals surface area (Å²) in [5.74, 6) is -1.24. The van der Waals surface area contributed by atoms with Gasteiger partial charge in [-0.3, -0.25) is 14.4 Å². The van der Waals surface area contributed by atoms with Crippen LogP contribution >= 0.6 is 0 Å². The fourth-order valence-electron chi connectivity index (χ4n) is 2.50. The van der Waals surface area contributed by atoms with E-state index < -0.39 is 18.4 Å². The molecule has 132 valence electrons. The van der Waals surface area contributed by atoms with E-state index in [1.54, 1.807) is 48.5 Å². The van der Waals surface area contributed by atoms with Crippen molar-refractivity contribution in [2.75, 3.05) is 13.7 Å². The van der Waals surface area contributed by atoms with Gasteiger partial charge in [-0.25, -0.2) is 0 Å². The Morgan fingerprint density at radius 1 is 1.12 bits per heavy atom. The minimum Gasteiger partial charge on any atom is -0.497 e. The molecule has 0 unspecified atom stereocenters. The fraction of sp³-hybridized carbons (Fsp3) is 0.111. The molecule has 0 fully saturated rings. The molecule has 1 heterocycles. The molecule has 2 aromatic carbocycles. The quantitative estimate of drug-likeness (QED) is 0.713. The second kappa shape index (κ2) is 7.06. The number of carbonyl (C=O) groups excluding carboxylic acids is 1. The van der Waals surface area contributed by atoms with Gasteiger partial charge in [0.2, 0.25) is 0 Å². The standard InChI is InChI=1S/C18H15N3O5/c1-26-12-8-6-11(7-9-12)21-18(25)14-5-3-2-4-13(14)16(20-21)17(24)19-10-15(22)23/h2-9H,10H2,1H3,(H,19,24)(H,22,23). The molecule has 0 aliphatic carbocycles. The lowest BCUT2D eigenvalue weighted by Crippen LogP contribution is -2.33. The van der Waals surface area contributed by atoms with E-state index in [1.165, 1.54) is 7.11 Å². The molecular weight excluding hydrogens is 338 g/mol. The first-order chi connectivity index (χ1) is 12.5. The topological polar surface area (TPSA) is 111 Å². The number of carbonyl (C=O) groups is 2. The molecule has 0 saturated carbocycles. The zero-order valence-electron chi connectivity index (χ0n) is 13.8. The lowest BCUT2D eigenvalue weighted by molar-refractivity contribution is -0.135. The molecule has 0 bridgehead atoms. The van der Waals surface area contributed by atoms with E-state index in [0.29, 0.717) is 22.2 Å². The second-order valence-electron chi connectivity index (χ2n) is 5.39. The molecule has 8 heteroatoms. The van der Waals surface area contributed by atoms with Crippen LogP contribution in [0.25, 0.3) is 16.5 Å². The highest BCUT2D eigenvalue weighted by molar-refractivity contribution is 6.05. The summed E-state index contributed by atoms with van der Waals surface area (Å²) in [6.07, 6.45) is 0. The van der Waals surface area contributed by atoms with Crippen LogP contribution in [0.4, 0.5) is 0 Å². The molecule has 0 aliphatic heterocycles. The number of fused-ring (bicyclic) bond motifs is 1. The first-order valence-corrected chi connectivity index (χ1v) is 7.67. The third kappa shape index (κ3) is 3.25. The largest absolute Gasteiger partial charge is 0.497 e. The number of rotatable bonds is 5. The summed E-state index contributed by atoms with van der Waals surface area (Å²) >= 11 is 0. The van der Waals surface area contributed by atoms with Crippen LogP contribution in [-0.2, 0) is 4.79 Å². The smallest absolute Gasteiger partial charge is 0.322 e. The maximum atomic E-state index is 12.8. The lowest BCUT2D eigenvalue weighted by Gasteiger charge is -2.11. The van der Waals surface area contributed by atoms with E-state index >= 15 is 0 Å². The van der Waals surface area contributed by atoms with E-state index in [2.05, 4.69) is 10.4 Å². The third-order valence-corrected chi connectivity index (χ3v) is 3.74. The average molecular weight is 353 g/mol. The molecule has 0 radical (unpaired) electrons. The number of amides is 1. The van der Waals surface area contributed by atoms with Crippen LogP contribution in [0.1, 0.15) is 10.5 Å². The highest BCUT2D eigenvalue weighted by atomic mass is 16.5. The van der Waals surface area contributed by atoms with Crippen molar-refractivity contribution in [3.63, 3.8) is 0 Å². The highest BCUT2D eigenvalue weighted by Gasteiger charge is 2.17. The number of aliphatic carboxylic acids is 1. The van der Waals surface area contributed by atoms with Crippen molar-refractivity contribution in [3.8, 4) is 11.4 Å². The van der Waals surface area contributed by atoms with Crippen LogP contribution in [-0.4, -0.2) is 40.4 Å². The predicted octanol–water partition coefficient (Wildman–Crippen LogP) is 1.21. The van der Waals surface area contributed by atoms with E-state index in [0.717, 1.165) is 4.68 Å². The molecule has 0 atom stereocenters. The minimum absolute atomic E-state index is 0.0303. The van der Waals surface area contributed by atoms with E-state index in [1.807, 2.05) is 0 Å². The van der Waals surface area contributed by atoms with Crippen molar-refractivity contribution < 1.29 is 19.4 Å². The van der Waals surface area contributed by atoms with Gasteiger partial charge in [-0.15, -0.1) is 0 Å².